The van der Waals surface area contributed by atoms with Crippen LogP contribution in [0, 0.1) is 6.92 Å². The van der Waals surface area contributed by atoms with Crippen molar-refractivity contribution in [3.8, 4) is 0 Å². The van der Waals surface area contributed by atoms with Crippen LogP contribution in [0.25, 0.3) is 16.8 Å². The molecule has 3 rings (SSSR count). The van der Waals surface area contributed by atoms with Crippen molar-refractivity contribution in [2.24, 2.45) is 0 Å². The Balaban J connectivity index is 1.95. The van der Waals surface area contributed by atoms with Crippen LogP contribution >= 0.6 is 0 Å². The summed E-state index contributed by atoms with van der Waals surface area (Å²) in [4.78, 5) is 30.7. The third-order valence-electron chi connectivity index (χ3n) is 3.82. The Morgan fingerprint density at radius 2 is 2.17 bits per heavy atom. The number of carbonyl (C=O) groups excluding carboxylic acids is 1. The molecule has 23 heavy (non-hydrogen) atoms. The first-order valence-corrected chi connectivity index (χ1v) is 7.68. The van der Waals surface area contributed by atoms with E-state index in [1.165, 1.54) is 0 Å². The van der Waals surface area contributed by atoms with Crippen LogP contribution in [0.5, 0.6) is 0 Å². The number of nitrogens with zero attached hydrogens (tertiary/aromatic N) is 3. The molecule has 120 valence electrons. The average Bonchev–Trinajstić information content (AvgIpc) is 2.93. The number of aryl methyl sites for hydroxylation is 1. The van der Waals surface area contributed by atoms with Crippen LogP contribution in [-0.2, 0) is 21.0 Å². The van der Waals surface area contributed by atoms with Gasteiger partial charge in [0, 0.05) is 11.9 Å². The van der Waals surface area contributed by atoms with Gasteiger partial charge < -0.3 is 0 Å². The fourth-order valence-electron chi connectivity index (χ4n) is 2.42. The van der Waals surface area contributed by atoms with E-state index in [1.807, 2.05) is 49.4 Å². The lowest BCUT2D eigenvalue weighted by Gasteiger charge is -2.09. The predicted octanol–water partition coefficient (Wildman–Crippen LogP) is 3.01. The van der Waals surface area contributed by atoms with Gasteiger partial charge in [-0.25, -0.2) is 14.8 Å². The van der Waals surface area contributed by atoms with Gasteiger partial charge in [-0.3, -0.25) is 9.29 Å². The molecule has 0 amide bonds. The molecule has 0 N–H and O–H groups in total. The highest BCUT2D eigenvalue weighted by Gasteiger charge is 2.15. The van der Waals surface area contributed by atoms with Gasteiger partial charge in [-0.2, -0.15) is 4.89 Å². The first kappa shape index (κ1) is 15.4. The van der Waals surface area contributed by atoms with E-state index in [2.05, 4.69) is 9.97 Å². The van der Waals surface area contributed by atoms with E-state index in [-0.39, 0.29) is 12.5 Å². The van der Waals surface area contributed by atoms with Crippen molar-refractivity contribution in [3.05, 3.63) is 41.7 Å². The van der Waals surface area contributed by atoms with Gasteiger partial charge in [0.1, 0.15) is 6.10 Å². The van der Waals surface area contributed by atoms with Crippen LogP contribution in [0.3, 0.4) is 0 Å². The third kappa shape index (κ3) is 3.03. The van der Waals surface area contributed by atoms with E-state index < -0.39 is 5.97 Å². The van der Waals surface area contributed by atoms with E-state index in [0.717, 1.165) is 28.7 Å². The molecule has 0 bridgehead atoms. The summed E-state index contributed by atoms with van der Waals surface area (Å²) in [5.74, 6) is 0.200. The fourth-order valence-corrected chi connectivity index (χ4v) is 2.42. The first-order chi connectivity index (χ1) is 11.1. The maximum absolute atomic E-state index is 12.0. The van der Waals surface area contributed by atoms with Crippen molar-refractivity contribution in [2.75, 3.05) is 0 Å². The second-order valence-electron chi connectivity index (χ2n) is 5.57. The zero-order valence-electron chi connectivity index (χ0n) is 13.4. The van der Waals surface area contributed by atoms with E-state index in [9.17, 15) is 4.79 Å². The van der Waals surface area contributed by atoms with Crippen molar-refractivity contribution < 1.29 is 14.6 Å². The standard InChI is InChI=1S/C17H19N3O3/c1-4-12(3)22-23-15(21)10-13-6-5-7-14-16(13)20-11(2)8-9-18-17(20)19-14/h5-9,12H,4,10H2,1-3H3. The van der Waals surface area contributed by atoms with Gasteiger partial charge in [-0.1, -0.05) is 19.1 Å². The quantitative estimate of drug-likeness (QED) is 0.535. The molecule has 0 spiro atoms. The Morgan fingerprint density at radius 1 is 1.35 bits per heavy atom. The molecule has 0 radical (unpaired) electrons. The van der Waals surface area contributed by atoms with Gasteiger partial charge in [0.15, 0.2) is 0 Å². The van der Waals surface area contributed by atoms with Gasteiger partial charge in [-0.15, -0.1) is 0 Å². The van der Waals surface area contributed by atoms with Gasteiger partial charge >= 0.3 is 5.97 Å². The minimum absolute atomic E-state index is 0.114. The van der Waals surface area contributed by atoms with Gasteiger partial charge in [0.2, 0.25) is 5.78 Å². The maximum atomic E-state index is 12.0. The number of hydrogen-bond donors (Lipinski definition) is 0. The third-order valence-corrected chi connectivity index (χ3v) is 3.82. The normalized spacial score (nSPS) is 12.7. The molecule has 0 saturated carbocycles. The number of rotatable bonds is 5. The lowest BCUT2D eigenvalue weighted by Crippen LogP contribution is -2.14. The van der Waals surface area contributed by atoms with Crippen LogP contribution in [-0.4, -0.2) is 26.4 Å². The van der Waals surface area contributed by atoms with E-state index in [0.29, 0.717) is 5.78 Å². The summed E-state index contributed by atoms with van der Waals surface area (Å²) in [6, 6.07) is 7.60. The number of aromatic nitrogens is 3. The second-order valence-corrected chi connectivity index (χ2v) is 5.57. The molecule has 2 aromatic heterocycles. The van der Waals surface area contributed by atoms with Crippen molar-refractivity contribution in [1.29, 1.82) is 0 Å². The Labute approximate surface area is 134 Å². The highest BCUT2D eigenvalue weighted by Crippen LogP contribution is 2.22. The number of benzene rings is 1. The molecule has 3 aromatic rings. The SMILES string of the molecule is CCC(C)OOC(=O)Cc1cccc2nc3nccc(C)n3c12. The largest absolute Gasteiger partial charge is 0.346 e. The molecule has 6 nitrogen and oxygen atoms in total. The average molecular weight is 313 g/mol. The summed E-state index contributed by atoms with van der Waals surface area (Å²) in [6.07, 6.45) is 2.51. The first-order valence-electron chi connectivity index (χ1n) is 7.68. The summed E-state index contributed by atoms with van der Waals surface area (Å²) in [6.45, 7) is 5.80. The fraction of sp³-hybridized carbons (Fsp3) is 0.353. The molecule has 0 aliphatic rings. The summed E-state index contributed by atoms with van der Waals surface area (Å²) in [5.41, 5.74) is 3.53. The van der Waals surface area contributed by atoms with Crippen molar-refractivity contribution in [1.82, 2.24) is 14.4 Å². The minimum atomic E-state index is -0.422. The summed E-state index contributed by atoms with van der Waals surface area (Å²) in [7, 11) is 0. The molecular weight excluding hydrogens is 294 g/mol. The molecule has 0 aliphatic heterocycles. The number of carbonyl (C=O) groups is 1. The molecule has 0 fully saturated rings. The summed E-state index contributed by atoms with van der Waals surface area (Å²) in [5, 5.41) is 0. The zero-order valence-corrected chi connectivity index (χ0v) is 13.4. The van der Waals surface area contributed by atoms with Crippen molar-refractivity contribution in [3.63, 3.8) is 0 Å². The molecule has 1 atom stereocenters. The van der Waals surface area contributed by atoms with Crippen LogP contribution in [0.2, 0.25) is 0 Å². The minimum Gasteiger partial charge on any atom is -0.298 e. The lowest BCUT2D eigenvalue weighted by molar-refractivity contribution is -0.294. The highest BCUT2D eigenvalue weighted by atomic mass is 17.2. The second kappa shape index (κ2) is 6.34. The Kier molecular flexibility index (Phi) is 4.25. The summed E-state index contributed by atoms with van der Waals surface area (Å²) < 4.78 is 1.95. The Morgan fingerprint density at radius 3 is 2.96 bits per heavy atom. The molecule has 1 aromatic carbocycles. The van der Waals surface area contributed by atoms with Crippen LogP contribution in [0.15, 0.2) is 30.5 Å². The van der Waals surface area contributed by atoms with Crippen LogP contribution < -0.4 is 0 Å². The number of hydrogen-bond acceptors (Lipinski definition) is 5. The smallest absolute Gasteiger partial charge is 0.298 e. The Hall–Kier alpha value is -2.47. The molecule has 0 aliphatic carbocycles. The van der Waals surface area contributed by atoms with Crippen LogP contribution in [0.4, 0.5) is 0 Å². The predicted molar refractivity (Wildman–Crippen MR) is 85.9 cm³/mol. The van der Waals surface area contributed by atoms with E-state index in [1.54, 1.807) is 6.20 Å². The zero-order chi connectivity index (χ0) is 16.4. The Bertz CT molecular complexity index is 857. The lowest BCUT2D eigenvalue weighted by atomic mass is 10.1. The van der Waals surface area contributed by atoms with E-state index in [4.69, 9.17) is 9.78 Å². The maximum Gasteiger partial charge on any atom is 0.346 e. The number of imidazole rings is 1. The number of fused-ring (bicyclic) bond motifs is 3. The van der Waals surface area contributed by atoms with Gasteiger partial charge in [0.25, 0.3) is 0 Å². The monoisotopic (exact) mass is 313 g/mol. The molecule has 0 saturated heterocycles. The number of para-hydroxylation sites is 1. The highest BCUT2D eigenvalue weighted by molar-refractivity contribution is 5.86. The topological polar surface area (TPSA) is 65.7 Å². The molecular formula is C17H19N3O3. The summed E-state index contributed by atoms with van der Waals surface area (Å²) >= 11 is 0. The van der Waals surface area contributed by atoms with E-state index >= 15 is 0 Å². The molecule has 1 unspecified atom stereocenters. The molecule has 6 heteroatoms. The van der Waals surface area contributed by atoms with Gasteiger partial charge in [0.05, 0.1) is 17.5 Å². The van der Waals surface area contributed by atoms with Gasteiger partial charge in [-0.05, 0) is 38.0 Å². The van der Waals surface area contributed by atoms with Crippen molar-refractivity contribution >= 4 is 22.8 Å². The molecule has 2 heterocycles. The van der Waals surface area contributed by atoms with Crippen LogP contribution in [0.1, 0.15) is 31.5 Å². The van der Waals surface area contributed by atoms with Crippen molar-refractivity contribution in [2.45, 2.75) is 39.7 Å².